The van der Waals surface area contributed by atoms with Crippen LogP contribution in [-0.2, 0) is 22.7 Å². The lowest BCUT2D eigenvalue weighted by Crippen LogP contribution is -2.04. The predicted octanol–water partition coefficient (Wildman–Crippen LogP) is 9.88. The van der Waals surface area contributed by atoms with Crippen LogP contribution in [-0.4, -0.2) is 41.3 Å². The minimum absolute atomic E-state index is 0.0331. The van der Waals surface area contributed by atoms with Gasteiger partial charge in [0.15, 0.2) is 0 Å². The number of halogens is 1. The van der Waals surface area contributed by atoms with Gasteiger partial charge in [0.25, 0.3) is 0 Å². The van der Waals surface area contributed by atoms with Crippen molar-refractivity contribution in [3.63, 3.8) is 0 Å². The highest BCUT2D eigenvalue weighted by atomic mass is 79.9. The van der Waals surface area contributed by atoms with Crippen LogP contribution in [0.1, 0.15) is 61.8 Å². The second-order valence-electron chi connectivity index (χ2n) is 13.0. The van der Waals surface area contributed by atoms with Crippen molar-refractivity contribution >= 4 is 60.2 Å². The molecule has 3 heterocycles. The number of ketones is 2. The van der Waals surface area contributed by atoms with Crippen molar-refractivity contribution in [3.05, 3.63) is 161 Å². The fraction of sp³-hybridized carbons (Fsp3) is 0.186. The molecule has 0 fully saturated rings. The molecule has 2 atom stereocenters. The Hall–Kier alpha value is -5.67. The number of nitrogens with one attached hydrogen (secondary N) is 1. The van der Waals surface area contributed by atoms with E-state index in [9.17, 15) is 9.59 Å². The SMILES string of the molecule is Brc1ccc2c(cnn2Cc2ccccc2)c1.CC(=O)C(C)c1ccc2[nH]ncc2c1.CC(=O)C(C)c1ccc2c(cnn2Cc2ccccc2)c1. The van der Waals surface area contributed by atoms with Gasteiger partial charge < -0.3 is 0 Å². The van der Waals surface area contributed by atoms with E-state index in [0.29, 0.717) is 0 Å². The van der Waals surface area contributed by atoms with Crippen LogP contribution in [0, 0.1) is 0 Å². The Labute approximate surface area is 311 Å². The summed E-state index contributed by atoms with van der Waals surface area (Å²) in [5.41, 5.74) is 7.85. The molecule has 262 valence electrons. The lowest BCUT2D eigenvalue weighted by molar-refractivity contribution is -0.118. The highest BCUT2D eigenvalue weighted by Crippen LogP contribution is 2.24. The molecule has 8 nitrogen and oxygen atoms in total. The van der Waals surface area contributed by atoms with Crippen LogP contribution in [0.25, 0.3) is 32.7 Å². The predicted molar refractivity (Wildman–Crippen MR) is 213 cm³/mol. The molecule has 8 rings (SSSR count). The van der Waals surface area contributed by atoms with Crippen molar-refractivity contribution in [3.8, 4) is 0 Å². The molecule has 1 N–H and O–H groups in total. The maximum Gasteiger partial charge on any atom is 0.136 e. The molecule has 3 aromatic heterocycles. The largest absolute Gasteiger partial charge is 0.299 e. The van der Waals surface area contributed by atoms with Crippen molar-refractivity contribution in [1.82, 2.24) is 29.8 Å². The van der Waals surface area contributed by atoms with Crippen LogP contribution < -0.4 is 0 Å². The van der Waals surface area contributed by atoms with E-state index in [0.717, 1.165) is 61.4 Å². The minimum atomic E-state index is -0.0631. The third-order valence-corrected chi connectivity index (χ3v) is 9.80. The summed E-state index contributed by atoms with van der Waals surface area (Å²) >= 11 is 3.47. The van der Waals surface area contributed by atoms with Crippen molar-refractivity contribution in [2.75, 3.05) is 0 Å². The smallest absolute Gasteiger partial charge is 0.136 e. The van der Waals surface area contributed by atoms with Crippen LogP contribution in [0.5, 0.6) is 0 Å². The normalized spacial score (nSPS) is 12.1. The molecule has 2 unspecified atom stereocenters. The van der Waals surface area contributed by atoms with E-state index in [1.807, 2.05) is 90.2 Å². The lowest BCUT2D eigenvalue weighted by atomic mass is 9.97. The summed E-state index contributed by atoms with van der Waals surface area (Å²) < 4.78 is 5.11. The number of aromatic amines is 1. The van der Waals surface area contributed by atoms with Gasteiger partial charge >= 0.3 is 0 Å². The van der Waals surface area contributed by atoms with Crippen LogP contribution in [0.4, 0.5) is 0 Å². The van der Waals surface area contributed by atoms with Gasteiger partial charge in [0, 0.05) is 32.5 Å². The second kappa shape index (κ2) is 16.6. The molecule has 52 heavy (non-hydrogen) atoms. The Morgan fingerprint density at radius 2 is 1.10 bits per heavy atom. The molecule has 8 aromatic rings. The number of hydrogen-bond donors (Lipinski definition) is 1. The van der Waals surface area contributed by atoms with Crippen LogP contribution in [0.2, 0.25) is 0 Å². The number of hydrogen-bond acceptors (Lipinski definition) is 5. The molecule has 0 aliphatic rings. The zero-order chi connectivity index (χ0) is 36.6. The number of fused-ring (bicyclic) bond motifs is 3. The number of benzene rings is 5. The second-order valence-corrected chi connectivity index (χ2v) is 13.9. The average Bonchev–Trinajstić information content (AvgIpc) is 3.90. The molecule has 0 aliphatic heterocycles. The fourth-order valence-corrected chi connectivity index (χ4v) is 6.28. The number of carbonyl (C=O) groups is 2. The lowest BCUT2D eigenvalue weighted by Gasteiger charge is -2.08. The Bertz CT molecular complexity index is 2430. The van der Waals surface area contributed by atoms with E-state index in [4.69, 9.17) is 0 Å². The first kappa shape index (κ1) is 36.1. The zero-order valence-corrected chi connectivity index (χ0v) is 31.3. The molecule has 0 spiro atoms. The Balaban J connectivity index is 0.000000137. The molecule has 0 saturated carbocycles. The summed E-state index contributed by atoms with van der Waals surface area (Å²) in [4.78, 5) is 22.7. The molecule has 5 aromatic carbocycles. The van der Waals surface area contributed by atoms with E-state index in [1.54, 1.807) is 20.0 Å². The number of nitrogens with zero attached hydrogens (tertiary/aromatic N) is 5. The number of H-pyrrole nitrogens is 1. The van der Waals surface area contributed by atoms with Gasteiger partial charge in [0.05, 0.1) is 48.2 Å². The van der Waals surface area contributed by atoms with E-state index in [-0.39, 0.29) is 23.4 Å². The third kappa shape index (κ3) is 8.79. The Morgan fingerprint density at radius 1 is 0.615 bits per heavy atom. The van der Waals surface area contributed by atoms with Gasteiger partial charge in [-0.15, -0.1) is 0 Å². The molecule has 0 saturated heterocycles. The standard InChI is InChI=1S/C18H18N2O.C14H11BrN2.C11H12N2O/c1-13(14(2)21)16-8-9-18-17(10-16)11-19-20(18)12-15-6-4-3-5-7-15;15-13-6-7-14-12(8-13)9-16-17(14)10-11-4-2-1-3-5-11;1-7(8(2)14)9-3-4-11-10(5-9)6-12-13-11/h3-11,13H,12H2,1-2H3;1-9H,10H2;3-7H,1-2H3,(H,12,13). The first-order chi connectivity index (χ1) is 25.2. The molecule has 0 bridgehead atoms. The Kier molecular flexibility index (Phi) is 11.5. The third-order valence-electron chi connectivity index (χ3n) is 9.30. The summed E-state index contributed by atoms with van der Waals surface area (Å²) in [6.07, 6.45) is 5.54. The monoisotopic (exact) mass is 752 g/mol. The highest BCUT2D eigenvalue weighted by molar-refractivity contribution is 9.10. The first-order valence-corrected chi connectivity index (χ1v) is 18.0. The highest BCUT2D eigenvalue weighted by Gasteiger charge is 2.13. The van der Waals surface area contributed by atoms with Crippen LogP contribution in [0.15, 0.2) is 138 Å². The summed E-state index contributed by atoms with van der Waals surface area (Å²) in [5, 5.41) is 19.0. The first-order valence-electron chi connectivity index (χ1n) is 17.2. The number of rotatable bonds is 8. The average molecular weight is 754 g/mol. The molecule has 0 aliphatic carbocycles. The van der Waals surface area contributed by atoms with Crippen LogP contribution >= 0.6 is 15.9 Å². The molecule has 0 amide bonds. The quantitative estimate of drug-likeness (QED) is 0.167. The van der Waals surface area contributed by atoms with Gasteiger partial charge in [-0.1, -0.05) is 103 Å². The maximum absolute atomic E-state index is 11.5. The number of aromatic nitrogens is 6. The van der Waals surface area contributed by atoms with Gasteiger partial charge in [0.2, 0.25) is 0 Å². The van der Waals surface area contributed by atoms with Gasteiger partial charge in [-0.2, -0.15) is 15.3 Å². The van der Waals surface area contributed by atoms with Crippen molar-refractivity contribution in [1.29, 1.82) is 0 Å². The summed E-state index contributed by atoms with van der Waals surface area (Å²) in [7, 11) is 0. The molecule has 0 radical (unpaired) electrons. The van der Waals surface area contributed by atoms with Crippen molar-refractivity contribution in [2.45, 2.75) is 52.6 Å². The number of carbonyl (C=O) groups excluding carboxylic acids is 2. The van der Waals surface area contributed by atoms with E-state index < -0.39 is 0 Å². The summed E-state index contributed by atoms with van der Waals surface area (Å²) in [6.45, 7) is 8.68. The number of Topliss-reactive ketones (excluding diaryl/α,β-unsaturated/α-hetero) is 2. The van der Waals surface area contributed by atoms with Crippen molar-refractivity contribution in [2.24, 2.45) is 0 Å². The van der Waals surface area contributed by atoms with E-state index in [1.165, 1.54) is 11.1 Å². The van der Waals surface area contributed by atoms with Crippen LogP contribution in [0.3, 0.4) is 0 Å². The summed E-state index contributed by atoms with van der Waals surface area (Å²) in [6, 6.07) is 38.9. The molecule has 9 heteroatoms. The zero-order valence-electron chi connectivity index (χ0n) is 29.7. The Morgan fingerprint density at radius 3 is 1.63 bits per heavy atom. The van der Waals surface area contributed by atoms with Crippen molar-refractivity contribution < 1.29 is 9.59 Å². The fourth-order valence-electron chi connectivity index (χ4n) is 5.90. The molecular weight excluding hydrogens is 712 g/mol. The minimum Gasteiger partial charge on any atom is -0.299 e. The summed E-state index contributed by atoms with van der Waals surface area (Å²) in [5.74, 6) is 0.278. The van der Waals surface area contributed by atoms with Gasteiger partial charge in [-0.25, -0.2) is 0 Å². The molecular formula is C43H41BrN6O2. The van der Waals surface area contributed by atoms with Gasteiger partial charge in [-0.05, 0) is 78.6 Å². The topological polar surface area (TPSA) is 98.5 Å². The maximum atomic E-state index is 11.5. The van der Waals surface area contributed by atoms with Gasteiger partial charge in [-0.3, -0.25) is 24.1 Å². The van der Waals surface area contributed by atoms with E-state index >= 15 is 0 Å². The van der Waals surface area contributed by atoms with Gasteiger partial charge in [0.1, 0.15) is 11.6 Å². The van der Waals surface area contributed by atoms with E-state index in [2.05, 4.69) is 97.0 Å².